The smallest absolute Gasteiger partial charge is 0.230 e. The molecule has 696 valence electrons. The topological polar surface area (TPSA) is 496 Å². The fourth-order valence-electron chi connectivity index (χ4n) is 10.4. The largest absolute Gasteiger partial charge is 0.381 e. The van der Waals surface area contributed by atoms with Crippen LogP contribution in [0.2, 0.25) is 0 Å². The minimum absolute atomic E-state index is 0.260. The number of hydrogen-bond acceptors (Lipinski definition) is 28. The maximum Gasteiger partial charge on any atom is 0.230 e. The Bertz CT molecular complexity index is 3730. The summed E-state index contributed by atoms with van der Waals surface area (Å²) in [5, 5.41) is 53.2. The molecule has 0 amide bonds. The van der Waals surface area contributed by atoms with E-state index < -0.39 is 0 Å². The molecule has 0 fully saturated rings. The number of hydrogen-bond donors (Lipinski definition) is 8. The molecular weight excluding hydrogens is 1610 g/mol. The van der Waals surface area contributed by atoms with Gasteiger partial charge in [0, 0.05) is 58.7 Å². The number of anilines is 8. The van der Waals surface area contributed by atoms with Crippen molar-refractivity contribution in [3.63, 3.8) is 0 Å². The predicted octanol–water partition coefficient (Wildman–Crippen LogP) is 18.0. The zero-order valence-corrected chi connectivity index (χ0v) is 78.7. The molecule has 0 radical (unpaired) electrons. The quantitative estimate of drug-likeness (QED) is 0.00589. The third kappa shape index (κ3) is 73.8. The molecule has 127 heavy (non-hydrogen) atoms. The van der Waals surface area contributed by atoms with Gasteiger partial charge in [-0.3, -0.25) is 0 Å². The Kier molecular flexibility index (Phi) is 74.3. The average Bonchev–Trinajstić information content (AvgIpc) is 1.62. The van der Waals surface area contributed by atoms with E-state index in [1.165, 1.54) is 89.9 Å². The molecule has 38 nitrogen and oxygen atoms in total. The highest BCUT2D eigenvalue weighted by Gasteiger charge is 2.15. The van der Waals surface area contributed by atoms with Gasteiger partial charge >= 0.3 is 0 Å². The zero-order chi connectivity index (χ0) is 94.7. The summed E-state index contributed by atoms with van der Waals surface area (Å²) >= 11 is 0. The lowest BCUT2D eigenvalue weighted by molar-refractivity contribution is 0.113. The molecule has 0 aliphatic heterocycles. The Hall–Kier alpha value is -12.2. The summed E-state index contributed by atoms with van der Waals surface area (Å²) in [6.45, 7) is 44.5. The van der Waals surface area contributed by atoms with E-state index in [0.29, 0.717) is 183 Å². The van der Waals surface area contributed by atoms with Gasteiger partial charge in [-0.05, 0) is 81.3 Å². The first kappa shape index (κ1) is 117. The van der Waals surface area contributed by atoms with Gasteiger partial charge in [0.15, 0.2) is 0 Å². The molecule has 5 aromatic heterocycles. The first-order valence-corrected chi connectivity index (χ1v) is 43.9. The van der Waals surface area contributed by atoms with Gasteiger partial charge in [0.1, 0.15) is 17.2 Å². The van der Waals surface area contributed by atoms with Crippen LogP contribution in [0, 0.1) is 146 Å². The summed E-state index contributed by atoms with van der Waals surface area (Å²) in [5.74, 6) is 29.6. The molecule has 4 unspecified atom stereocenters. The van der Waals surface area contributed by atoms with E-state index in [2.05, 4.69) is 300 Å². The van der Waals surface area contributed by atoms with Crippen LogP contribution in [0.3, 0.4) is 0 Å². The Balaban J connectivity index is 0. The van der Waals surface area contributed by atoms with Gasteiger partial charge in [-0.15, -0.1) is 61.1 Å². The summed E-state index contributed by atoms with van der Waals surface area (Å²) in [6, 6.07) is 0. The van der Waals surface area contributed by atoms with Crippen molar-refractivity contribution in [2.75, 3.05) is 148 Å². The highest BCUT2D eigenvalue weighted by molar-refractivity contribution is 5.45. The second kappa shape index (κ2) is 80.8. The summed E-state index contributed by atoms with van der Waals surface area (Å²) in [4.78, 5) is 48.3. The highest BCUT2D eigenvalue weighted by atomic mass is 16.5. The van der Waals surface area contributed by atoms with Crippen LogP contribution in [-0.2, 0) is 46.8 Å². The molecule has 5 rings (SSSR count). The first-order chi connectivity index (χ1) is 61.2. The fourth-order valence-corrected chi connectivity index (χ4v) is 10.4. The molecule has 5 heterocycles. The fraction of sp³-hybridized carbons (Fsp3) is 0.697. The maximum atomic E-state index is 7.84. The Morgan fingerprint density at radius 3 is 0.764 bits per heavy atom. The van der Waals surface area contributed by atoms with Gasteiger partial charge in [-0.25, -0.2) is 9.36 Å². The molecule has 0 bridgehead atoms. The number of nitrogens with one attached hydrogen (secondary N) is 8. The van der Waals surface area contributed by atoms with Crippen molar-refractivity contribution in [2.24, 2.45) is 79.6 Å². The van der Waals surface area contributed by atoms with E-state index in [4.69, 9.17) is 81.3 Å². The number of terminal acetylenes is 7. The van der Waals surface area contributed by atoms with Gasteiger partial charge in [0.2, 0.25) is 47.6 Å². The van der Waals surface area contributed by atoms with Crippen LogP contribution < -0.4 is 42.5 Å². The van der Waals surface area contributed by atoms with E-state index in [9.17, 15) is 0 Å². The number of azide groups is 4. The van der Waals surface area contributed by atoms with Crippen molar-refractivity contribution in [3.05, 3.63) is 71.4 Å². The van der Waals surface area contributed by atoms with Crippen molar-refractivity contribution in [2.45, 2.75) is 240 Å². The normalized spacial score (nSPS) is 11.0. The molecule has 4 atom stereocenters. The monoisotopic (exact) mass is 1750 g/mol. The van der Waals surface area contributed by atoms with E-state index >= 15 is 0 Å². The lowest BCUT2D eigenvalue weighted by atomic mass is 9.87. The third-order valence-electron chi connectivity index (χ3n) is 17.7. The second-order valence-corrected chi connectivity index (χ2v) is 32.2. The van der Waals surface area contributed by atoms with Gasteiger partial charge in [-0.1, -0.05) is 267 Å². The molecule has 0 aliphatic carbocycles. The summed E-state index contributed by atoms with van der Waals surface area (Å²) in [5.41, 5.74) is 32.7. The van der Waals surface area contributed by atoms with Crippen molar-refractivity contribution in [1.29, 1.82) is 0 Å². The van der Waals surface area contributed by atoms with Crippen LogP contribution in [0.4, 0.5) is 47.6 Å². The van der Waals surface area contributed by atoms with Crippen LogP contribution in [0.15, 0.2) is 32.9 Å². The van der Waals surface area contributed by atoms with Crippen LogP contribution in [0.5, 0.6) is 0 Å². The second-order valence-electron chi connectivity index (χ2n) is 32.2. The Morgan fingerprint density at radius 1 is 0.315 bits per heavy atom. The molecular formula is C89H147N35O3. The maximum absolute atomic E-state index is 7.84. The average molecular weight is 1760 g/mol. The number of aromatic nitrogens is 15. The van der Waals surface area contributed by atoms with Crippen LogP contribution >= 0.6 is 0 Å². The summed E-state index contributed by atoms with van der Waals surface area (Å²) in [6.07, 6.45) is 61.4. The standard InChI is InChI=1S/C28H32N18O.C24H50.C13H13N5.2C8H18.2C4H8N6O/c1-5-9-29-23-35-24(30-10-6-2)38-27(37-23)33-17-21-19-45(43-41-21)13-15-47-16-14-46-20-22(42-44-46)18-34-28-39-25(31-11-7-3)36-26(40-28)32-12-8-4;1-19(2)9-11-21(5)13-15-23(7)17-18-24(8)16-14-22(6)12-10-20(3)4;1-4-7-8-11-16-12(14-9-5-2)18-13(17-11)15-10-6-3;2*1-7(2)5-6-8(3)4;2*5-9-7-1-3-11-4-2-8-10-6/h1-4,19-20H,9-18H2,(H3,29,30,33,35,37,38)(H3,31,32,34,36,39,40);19-24H,9-18H2,1-8H3;1-3H,7-10H2,(H2,14,15,16,17,18);2*7-8H,5-6H2,1-4H3;2*1-4H2. The van der Waals surface area contributed by atoms with Gasteiger partial charge in [0.05, 0.1) is 117 Å². The summed E-state index contributed by atoms with van der Waals surface area (Å²) < 4.78 is 18.9. The molecule has 0 spiro atoms. The van der Waals surface area contributed by atoms with Crippen molar-refractivity contribution >= 4 is 47.6 Å². The molecule has 8 N–H and O–H groups in total. The number of aryl methyl sites for hydroxylation is 1. The van der Waals surface area contributed by atoms with E-state index in [-0.39, 0.29) is 26.2 Å². The van der Waals surface area contributed by atoms with Gasteiger partial charge in [-0.2, -0.15) is 44.9 Å². The van der Waals surface area contributed by atoms with Crippen molar-refractivity contribution in [3.8, 4) is 86.4 Å². The van der Waals surface area contributed by atoms with E-state index in [1.807, 2.05) is 0 Å². The number of nitrogens with zero attached hydrogens (tertiary/aromatic N) is 27. The summed E-state index contributed by atoms with van der Waals surface area (Å²) in [7, 11) is 0. The van der Waals surface area contributed by atoms with Crippen LogP contribution in [0.1, 0.15) is 224 Å². The predicted molar refractivity (Wildman–Crippen MR) is 514 cm³/mol. The molecule has 0 aliphatic rings. The van der Waals surface area contributed by atoms with Gasteiger partial charge in [0.25, 0.3) is 0 Å². The Labute approximate surface area is 757 Å². The first-order valence-electron chi connectivity index (χ1n) is 43.9. The Morgan fingerprint density at radius 2 is 0.535 bits per heavy atom. The van der Waals surface area contributed by atoms with Crippen molar-refractivity contribution < 1.29 is 14.2 Å². The molecule has 0 saturated heterocycles. The van der Waals surface area contributed by atoms with Crippen molar-refractivity contribution in [1.82, 2.24) is 74.8 Å². The highest BCUT2D eigenvalue weighted by Crippen LogP contribution is 2.27. The number of ether oxygens (including phenoxy) is 3. The minimum atomic E-state index is 0.260. The van der Waals surface area contributed by atoms with E-state index in [1.54, 1.807) is 21.8 Å². The molecule has 0 aromatic carbocycles. The SMILES string of the molecule is C#CCCc1nc(NCC#C)nc(NCC#C)n1.C#CCNc1nc(NCC#C)nc(NCc2cn(CCOCCn3cc(CNc4nc(NCC#C)nc(NCC#C)n4)nn3)nn2)n1.CC(C)CCC(C)C.CC(C)CCC(C)C.CC(C)CCC(C)CCC(C)CCC(C)CCC(C)CCC(C)C.[N-]=[N+]=NCCOCCN=[N+]=[N-].[N-]=[N+]=NCCOCCN=[N+]=[N-]. The van der Waals surface area contributed by atoms with Crippen LogP contribution in [0.25, 0.3) is 41.8 Å². The molecule has 5 aromatic rings. The molecule has 38 heteroatoms. The lowest BCUT2D eigenvalue weighted by Crippen LogP contribution is -2.13. The third-order valence-corrected chi connectivity index (χ3v) is 17.7. The number of rotatable bonds is 59. The van der Waals surface area contributed by atoms with Crippen LogP contribution in [-0.4, -0.2) is 180 Å². The van der Waals surface area contributed by atoms with E-state index in [0.717, 1.165) is 59.2 Å². The lowest BCUT2D eigenvalue weighted by Gasteiger charge is -2.19. The minimum Gasteiger partial charge on any atom is -0.381 e. The van der Waals surface area contributed by atoms with Gasteiger partial charge < -0.3 is 56.7 Å². The zero-order valence-electron chi connectivity index (χ0n) is 78.7. The molecule has 0 saturated carbocycles.